The van der Waals surface area contributed by atoms with Crippen molar-refractivity contribution in [1.82, 2.24) is 4.98 Å². The van der Waals surface area contributed by atoms with E-state index >= 15 is 0 Å². The van der Waals surface area contributed by atoms with Gasteiger partial charge in [0.25, 0.3) is 10.0 Å². The number of aromatic nitrogens is 1. The minimum Gasteiger partial charge on any atom is -0.278 e. The van der Waals surface area contributed by atoms with Gasteiger partial charge in [-0.25, -0.2) is 13.4 Å². The first-order valence-corrected chi connectivity index (χ1v) is 8.02. The molecule has 0 amide bonds. The minimum absolute atomic E-state index is 0.0603. The van der Waals surface area contributed by atoms with Crippen LogP contribution in [0.25, 0.3) is 0 Å². The Labute approximate surface area is 128 Å². The smallest absolute Gasteiger partial charge is 0.264 e. The Morgan fingerprint density at radius 3 is 2.26 bits per heavy atom. The molecule has 0 atom stereocenters. The van der Waals surface area contributed by atoms with Crippen molar-refractivity contribution in [3.05, 3.63) is 51.2 Å². The van der Waals surface area contributed by atoms with Crippen LogP contribution in [0.3, 0.4) is 0 Å². The van der Waals surface area contributed by atoms with Crippen molar-refractivity contribution in [2.75, 3.05) is 4.72 Å². The molecule has 1 N–H and O–H groups in total. The number of hydrogen-bond donors (Lipinski definition) is 1. The zero-order valence-corrected chi connectivity index (χ0v) is 13.2. The summed E-state index contributed by atoms with van der Waals surface area (Å²) in [4.78, 5) is 3.77. The third kappa shape index (κ3) is 3.39. The van der Waals surface area contributed by atoms with Crippen molar-refractivity contribution in [2.24, 2.45) is 0 Å². The maximum Gasteiger partial charge on any atom is 0.264 e. The first-order chi connectivity index (χ1) is 8.90. The lowest BCUT2D eigenvalue weighted by molar-refractivity contribution is 0.601. The minimum atomic E-state index is -3.86. The zero-order chi connectivity index (χ0) is 14.0. The van der Waals surface area contributed by atoms with Crippen LogP contribution >= 0.6 is 39.1 Å². The molecule has 0 radical (unpaired) electrons. The van der Waals surface area contributed by atoms with Gasteiger partial charge in [-0.1, -0.05) is 29.3 Å². The number of halogens is 3. The fourth-order valence-corrected chi connectivity index (χ4v) is 3.81. The number of nitrogens with zero attached hydrogens (tertiary/aromatic N) is 1. The van der Waals surface area contributed by atoms with E-state index < -0.39 is 10.0 Å². The molecule has 0 aliphatic rings. The summed E-state index contributed by atoms with van der Waals surface area (Å²) < 4.78 is 27.4. The molecule has 2 aromatic rings. The monoisotopic (exact) mass is 380 g/mol. The van der Waals surface area contributed by atoms with Gasteiger partial charge in [0.1, 0.15) is 9.50 Å². The van der Waals surface area contributed by atoms with Crippen molar-refractivity contribution in [3.63, 3.8) is 0 Å². The molecule has 0 saturated heterocycles. The van der Waals surface area contributed by atoms with Gasteiger partial charge >= 0.3 is 0 Å². The Morgan fingerprint density at radius 2 is 1.74 bits per heavy atom. The standard InChI is InChI=1S/C11H7BrCl2N2O2S/c12-10-5-4-7(6-15-10)16-19(17,18)11-8(13)2-1-3-9(11)14/h1-6,16H. The molecule has 100 valence electrons. The number of nitrogens with one attached hydrogen (secondary N) is 1. The molecule has 0 spiro atoms. The summed E-state index contributed by atoms with van der Waals surface area (Å²) in [5, 5.41) is 0.121. The summed E-state index contributed by atoms with van der Waals surface area (Å²) in [6.07, 6.45) is 1.38. The summed E-state index contributed by atoms with van der Waals surface area (Å²) in [5.74, 6) is 0. The summed E-state index contributed by atoms with van der Waals surface area (Å²) >= 11 is 14.9. The fraction of sp³-hybridized carbons (Fsp3) is 0. The summed E-state index contributed by atoms with van der Waals surface area (Å²) in [6, 6.07) is 7.68. The molecule has 2 rings (SSSR count). The molecule has 1 aromatic heterocycles. The number of rotatable bonds is 3. The largest absolute Gasteiger partial charge is 0.278 e. The molecule has 0 saturated carbocycles. The number of benzene rings is 1. The number of pyridine rings is 1. The van der Waals surface area contributed by atoms with E-state index in [1.165, 1.54) is 18.3 Å². The Hall–Kier alpha value is -0.820. The molecule has 0 unspecified atom stereocenters. The molecule has 19 heavy (non-hydrogen) atoms. The Bertz CT molecular complexity index is 685. The highest BCUT2D eigenvalue weighted by molar-refractivity contribution is 9.10. The van der Waals surface area contributed by atoms with Crippen molar-refractivity contribution in [1.29, 1.82) is 0 Å². The van der Waals surface area contributed by atoms with Gasteiger partial charge in [0.15, 0.2) is 0 Å². The van der Waals surface area contributed by atoms with E-state index in [1.54, 1.807) is 18.2 Å². The quantitative estimate of drug-likeness (QED) is 0.818. The van der Waals surface area contributed by atoms with E-state index in [9.17, 15) is 8.42 Å². The number of sulfonamides is 1. The average Bonchev–Trinajstić information content (AvgIpc) is 2.31. The molecule has 0 fully saturated rings. The van der Waals surface area contributed by atoms with Crippen LogP contribution < -0.4 is 4.72 Å². The van der Waals surface area contributed by atoms with Crippen LogP contribution in [0, 0.1) is 0 Å². The van der Waals surface area contributed by atoms with E-state index in [2.05, 4.69) is 25.6 Å². The van der Waals surface area contributed by atoms with Gasteiger partial charge in [0, 0.05) is 0 Å². The molecule has 1 aromatic carbocycles. The lowest BCUT2D eigenvalue weighted by atomic mass is 10.4. The molecular weight excluding hydrogens is 375 g/mol. The van der Waals surface area contributed by atoms with Crippen molar-refractivity contribution >= 4 is 54.8 Å². The molecule has 1 heterocycles. The Balaban J connectivity index is 2.41. The van der Waals surface area contributed by atoms with Crippen molar-refractivity contribution in [3.8, 4) is 0 Å². The summed E-state index contributed by atoms with van der Waals surface area (Å²) in [7, 11) is -3.86. The molecule has 0 aliphatic heterocycles. The van der Waals surface area contributed by atoms with Crippen LogP contribution in [0.15, 0.2) is 46.0 Å². The second-order valence-electron chi connectivity index (χ2n) is 3.53. The molecule has 0 aliphatic carbocycles. The fourth-order valence-electron chi connectivity index (χ4n) is 1.38. The lowest BCUT2D eigenvalue weighted by Gasteiger charge is -2.10. The van der Waals surface area contributed by atoms with Gasteiger partial charge < -0.3 is 0 Å². The van der Waals surface area contributed by atoms with Gasteiger partial charge in [-0.3, -0.25) is 4.72 Å². The highest BCUT2D eigenvalue weighted by Gasteiger charge is 2.21. The van der Waals surface area contributed by atoms with Crippen LogP contribution in [0.2, 0.25) is 10.0 Å². The van der Waals surface area contributed by atoms with E-state index in [4.69, 9.17) is 23.2 Å². The summed E-state index contributed by atoms with van der Waals surface area (Å²) in [5.41, 5.74) is 0.319. The van der Waals surface area contributed by atoms with Gasteiger partial charge in [-0.15, -0.1) is 0 Å². The predicted molar refractivity (Wildman–Crippen MR) is 79.2 cm³/mol. The van der Waals surface area contributed by atoms with Crippen LogP contribution in [-0.2, 0) is 10.0 Å². The average molecular weight is 382 g/mol. The van der Waals surface area contributed by atoms with Crippen LogP contribution in [0.1, 0.15) is 0 Å². The van der Waals surface area contributed by atoms with Crippen LogP contribution in [0.4, 0.5) is 5.69 Å². The van der Waals surface area contributed by atoms with E-state index in [0.717, 1.165) is 0 Å². The third-order valence-corrected chi connectivity index (χ3v) is 4.97. The van der Waals surface area contributed by atoms with Gasteiger partial charge in [0.05, 0.1) is 21.9 Å². The second kappa shape index (κ2) is 5.66. The third-order valence-electron chi connectivity index (χ3n) is 2.17. The topological polar surface area (TPSA) is 59.1 Å². The zero-order valence-electron chi connectivity index (χ0n) is 9.27. The lowest BCUT2D eigenvalue weighted by Crippen LogP contribution is -2.14. The van der Waals surface area contributed by atoms with E-state index in [1.807, 2.05) is 0 Å². The maximum atomic E-state index is 12.2. The first-order valence-electron chi connectivity index (χ1n) is 4.98. The van der Waals surface area contributed by atoms with Crippen LogP contribution in [-0.4, -0.2) is 13.4 Å². The molecule has 0 bridgehead atoms. The van der Waals surface area contributed by atoms with E-state index in [0.29, 0.717) is 10.3 Å². The number of anilines is 1. The second-order valence-corrected chi connectivity index (χ2v) is 6.77. The Morgan fingerprint density at radius 1 is 1.11 bits per heavy atom. The summed E-state index contributed by atoms with van der Waals surface area (Å²) in [6.45, 7) is 0. The van der Waals surface area contributed by atoms with Gasteiger partial charge in [-0.2, -0.15) is 0 Å². The highest BCUT2D eigenvalue weighted by atomic mass is 79.9. The molecule has 4 nitrogen and oxygen atoms in total. The van der Waals surface area contributed by atoms with Gasteiger partial charge in [-0.05, 0) is 40.2 Å². The van der Waals surface area contributed by atoms with E-state index in [-0.39, 0.29) is 14.9 Å². The Kier molecular flexibility index (Phi) is 4.35. The normalized spacial score (nSPS) is 11.3. The highest BCUT2D eigenvalue weighted by Crippen LogP contribution is 2.30. The van der Waals surface area contributed by atoms with Gasteiger partial charge in [0.2, 0.25) is 0 Å². The predicted octanol–water partition coefficient (Wildman–Crippen LogP) is 3.95. The van der Waals surface area contributed by atoms with Crippen molar-refractivity contribution < 1.29 is 8.42 Å². The van der Waals surface area contributed by atoms with Crippen molar-refractivity contribution in [2.45, 2.75) is 4.90 Å². The maximum absolute atomic E-state index is 12.2. The SMILES string of the molecule is O=S(=O)(Nc1ccc(Br)nc1)c1c(Cl)cccc1Cl. The molecular formula is C11H7BrCl2N2O2S. The number of hydrogen-bond acceptors (Lipinski definition) is 3. The van der Waals surface area contributed by atoms with Crippen LogP contribution in [0.5, 0.6) is 0 Å². The molecule has 8 heteroatoms. The first kappa shape index (κ1) is 14.6.